The SMILES string of the molecule is COc1ccc(/C=C/c2nc(Nc3ccccc3)nc(Nc3ccccc3)c2[N+](=O)[O-])cc1[N+](=O)[O-]. The van der Waals surface area contributed by atoms with Gasteiger partial charge >= 0.3 is 11.4 Å². The molecule has 4 rings (SSSR count). The molecule has 36 heavy (non-hydrogen) atoms. The number of para-hydroxylation sites is 2. The number of nitro groups is 2. The van der Waals surface area contributed by atoms with E-state index in [1.165, 1.54) is 31.4 Å². The standard InChI is InChI=1S/C25H20N6O5/c1-36-22-15-13-17(16-21(22)30(32)33)12-14-20-23(31(34)35)24(26-18-8-4-2-5-9-18)29-25(28-20)27-19-10-6-3-7-11-19/h2-16H,1H3,(H2,26,27,28,29)/b14-12+. The molecule has 0 saturated heterocycles. The van der Waals surface area contributed by atoms with Crippen molar-refractivity contribution in [2.75, 3.05) is 17.7 Å². The van der Waals surface area contributed by atoms with Crippen LogP contribution in [0.2, 0.25) is 0 Å². The molecule has 11 heteroatoms. The molecular weight excluding hydrogens is 464 g/mol. The highest BCUT2D eigenvalue weighted by molar-refractivity contribution is 5.80. The smallest absolute Gasteiger partial charge is 0.337 e. The van der Waals surface area contributed by atoms with Crippen LogP contribution in [0.5, 0.6) is 5.75 Å². The van der Waals surface area contributed by atoms with Gasteiger partial charge in [-0.1, -0.05) is 48.5 Å². The van der Waals surface area contributed by atoms with E-state index in [9.17, 15) is 20.2 Å². The summed E-state index contributed by atoms with van der Waals surface area (Å²) in [6.07, 6.45) is 2.91. The van der Waals surface area contributed by atoms with Crippen molar-refractivity contribution in [3.8, 4) is 5.75 Å². The molecule has 11 nitrogen and oxygen atoms in total. The number of aromatic nitrogens is 2. The molecule has 3 aromatic carbocycles. The zero-order valence-corrected chi connectivity index (χ0v) is 19.0. The summed E-state index contributed by atoms with van der Waals surface area (Å²) in [4.78, 5) is 31.0. The molecule has 0 unspecified atom stereocenters. The van der Waals surface area contributed by atoms with Crippen molar-refractivity contribution in [1.82, 2.24) is 9.97 Å². The number of nitro benzene ring substituents is 1. The Morgan fingerprint density at radius 3 is 2.03 bits per heavy atom. The quantitative estimate of drug-likeness (QED) is 0.217. The number of anilines is 4. The van der Waals surface area contributed by atoms with Gasteiger partial charge in [0.1, 0.15) is 5.69 Å². The largest absolute Gasteiger partial charge is 0.490 e. The maximum absolute atomic E-state index is 12.1. The van der Waals surface area contributed by atoms with Crippen molar-refractivity contribution in [3.63, 3.8) is 0 Å². The summed E-state index contributed by atoms with van der Waals surface area (Å²) in [6, 6.07) is 22.4. The fraction of sp³-hybridized carbons (Fsp3) is 0.0400. The van der Waals surface area contributed by atoms with Gasteiger partial charge in [0.15, 0.2) is 5.75 Å². The normalized spacial score (nSPS) is 10.7. The lowest BCUT2D eigenvalue weighted by Gasteiger charge is -2.11. The van der Waals surface area contributed by atoms with E-state index in [1.807, 2.05) is 24.3 Å². The van der Waals surface area contributed by atoms with Gasteiger partial charge in [-0.05, 0) is 42.0 Å². The highest BCUT2D eigenvalue weighted by Crippen LogP contribution is 2.33. The number of benzene rings is 3. The van der Waals surface area contributed by atoms with Crippen molar-refractivity contribution in [2.24, 2.45) is 0 Å². The van der Waals surface area contributed by atoms with E-state index in [-0.39, 0.29) is 34.6 Å². The molecule has 180 valence electrons. The van der Waals surface area contributed by atoms with E-state index in [0.29, 0.717) is 16.9 Å². The van der Waals surface area contributed by atoms with Crippen molar-refractivity contribution in [1.29, 1.82) is 0 Å². The van der Waals surface area contributed by atoms with Gasteiger partial charge in [0.25, 0.3) is 0 Å². The van der Waals surface area contributed by atoms with E-state index in [4.69, 9.17) is 4.74 Å². The lowest BCUT2D eigenvalue weighted by Crippen LogP contribution is -2.07. The van der Waals surface area contributed by atoms with Crippen molar-refractivity contribution >= 4 is 46.7 Å². The second kappa shape index (κ2) is 10.7. The fourth-order valence-corrected chi connectivity index (χ4v) is 3.35. The summed E-state index contributed by atoms with van der Waals surface area (Å²) in [5.41, 5.74) is 1.16. The van der Waals surface area contributed by atoms with Crippen LogP contribution < -0.4 is 15.4 Å². The highest BCUT2D eigenvalue weighted by Gasteiger charge is 2.24. The first kappa shape index (κ1) is 23.8. The molecule has 0 atom stereocenters. The molecule has 0 bridgehead atoms. The number of nitrogens with one attached hydrogen (secondary N) is 2. The van der Waals surface area contributed by atoms with Gasteiger partial charge in [-0.3, -0.25) is 20.2 Å². The van der Waals surface area contributed by atoms with Crippen molar-refractivity contribution in [3.05, 3.63) is 110 Å². The zero-order chi connectivity index (χ0) is 25.5. The van der Waals surface area contributed by atoms with Crippen LogP contribution in [0.15, 0.2) is 78.9 Å². The molecule has 1 heterocycles. The van der Waals surface area contributed by atoms with Crippen LogP contribution in [0.3, 0.4) is 0 Å². The summed E-state index contributed by atoms with van der Waals surface area (Å²) < 4.78 is 5.03. The van der Waals surface area contributed by atoms with Crippen LogP contribution in [0.4, 0.5) is 34.5 Å². The molecule has 4 aromatic rings. The fourth-order valence-electron chi connectivity index (χ4n) is 3.35. The molecule has 0 spiro atoms. The Balaban J connectivity index is 1.80. The monoisotopic (exact) mass is 484 g/mol. The van der Waals surface area contributed by atoms with Gasteiger partial charge < -0.3 is 15.4 Å². The van der Waals surface area contributed by atoms with E-state index in [1.54, 1.807) is 42.5 Å². The van der Waals surface area contributed by atoms with Gasteiger partial charge in [-0.15, -0.1) is 0 Å². The average Bonchev–Trinajstić information content (AvgIpc) is 2.88. The number of hydrogen-bond acceptors (Lipinski definition) is 9. The van der Waals surface area contributed by atoms with Gasteiger partial charge in [0, 0.05) is 17.4 Å². The predicted octanol–water partition coefficient (Wildman–Crippen LogP) is 5.96. The Bertz CT molecular complexity index is 1430. The Hall–Kier alpha value is -5.32. The topological polar surface area (TPSA) is 145 Å². The number of nitrogens with zero attached hydrogens (tertiary/aromatic N) is 4. The van der Waals surface area contributed by atoms with Crippen LogP contribution in [0.1, 0.15) is 11.3 Å². The summed E-state index contributed by atoms with van der Waals surface area (Å²) in [5.74, 6) is 0.222. The summed E-state index contributed by atoms with van der Waals surface area (Å²) in [6.45, 7) is 0. The molecular formula is C25H20N6O5. The number of ether oxygens (including phenoxy) is 1. The Labute approximate surface area is 205 Å². The molecule has 1 aromatic heterocycles. The van der Waals surface area contributed by atoms with Crippen LogP contribution >= 0.6 is 0 Å². The molecule has 0 aliphatic heterocycles. The second-order valence-corrected chi connectivity index (χ2v) is 7.39. The van der Waals surface area contributed by atoms with Gasteiger partial charge in [0.2, 0.25) is 11.8 Å². The maximum atomic E-state index is 12.1. The second-order valence-electron chi connectivity index (χ2n) is 7.39. The maximum Gasteiger partial charge on any atom is 0.337 e. The first-order valence-electron chi connectivity index (χ1n) is 10.7. The van der Waals surface area contributed by atoms with Crippen LogP contribution in [-0.2, 0) is 0 Å². The van der Waals surface area contributed by atoms with E-state index >= 15 is 0 Å². The third-order valence-electron chi connectivity index (χ3n) is 4.99. The van der Waals surface area contributed by atoms with E-state index < -0.39 is 9.85 Å². The highest BCUT2D eigenvalue weighted by atomic mass is 16.6. The predicted molar refractivity (Wildman–Crippen MR) is 137 cm³/mol. The zero-order valence-electron chi connectivity index (χ0n) is 19.0. The van der Waals surface area contributed by atoms with Gasteiger partial charge in [0.05, 0.1) is 17.0 Å². The molecule has 0 aliphatic carbocycles. The molecule has 0 aliphatic rings. The number of hydrogen-bond donors (Lipinski definition) is 2. The van der Waals surface area contributed by atoms with Crippen molar-refractivity contribution < 1.29 is 14.6 Å². The van der Waals surface area contributed by atoms with Gasteiger partial charge in [-0.2, -0.15) is 4.98 Å². The van der Waals surface area contributed by atoms with Crippen molar-refractivity contribution in [2.45, 2.75) is 0 Å². The summed E-state index contributed by atoms with van der Waals surface area (Å²) in [7, 11) is 1.34. The lowest BCUT2D eigenvalue weighted by molar-refractivity contribution is -0.385. The van der Waals surface area contributed by atoms with E-state index in [0.717, 1.165) is 0 Å². The number of methoxy groups -OCH3 is 1. The van der Waals surface area contributed by atoms with Crippen LogP contribution in [0, 0.1) is 20.2 Å². The molecule has 0 amide bonds. The molecule has 2 N–H and O–H groups in total. The average molecular weight is 484 g/mol. The minimum Gasteiger partial charge on any atom is -0.490 e. The third kappa shape index (κ3) is 5.59. The first-order valence-corrected chi connectivity index (χ1v) is 10.7. The minimum absolute atomic E-state index is 0.00494. The lowest BCUT2D eigenvalue weighted by atomic mass is 10.1. The summed E-state index contributed by atoms with van der Waals surface area (Å²) in [5, 5.41) is 29.5. The van der Waals surface area contributed by atoms with Crippen LogP contribution in [-0.4, -0.2) is 26.9 Å². The molecule has 0 fully saturated rings. The van der Waals surface area contributed by atoms with E-state index in [2.05, 4.69) is 20.6 Å². The van der Waals surface area contributed by atoms with Gasteiger partial charge in [-0.25, -0.2) is 4.98 Å². The Kier molecular flexibility index (Phi) is 7.11. The summed E-state index contributed by atoms with van der Waals surface area (Å²) >= 11 is 0. The Morgan fingerprint density at radius 2 is 1.44 bits per heavy atom. The third-order valence-corrected chi connectivity index (χ3v) is 4.99. The molecule has 0 radical (unpaired) electrons. The minimum atomic E-state index is -0.576. The molecule has 0 saturated carbocycles. The van der Waals surface area contributed by atoms with Crippen LogP contribution in [0.25, 0.3) is 12.2 Å². The Morgan fingerprint density at radius 1 is 0.806 bits per heavy atom. The first-order chi connectivity index (χ1) is 17.4. The number of rotatable bonds is 9.